The van der Waals surface area contributed by atoms with E-state index in [1.54, 1.807) is 4.90 Å². The summed E-state index contributed by atoms with van der Waals surface area (Å²) in [5, 5.41) is 12.1. The van der Waals surface area contributed by atoms with Crippen LogP contribution in [0.3, 0.4) is 0 Å². The first-order chi connectivity index (χ1) is 10.1. The molecule has 0 spiro atoms. The van der Waals surface area contributed by atoms with E-state index in [0.29, 0.717) is 25.6 Å². The fourth-order valence-corrected chi connectivity index (χ4v) is 2.82. The number of hydrogen-bond donors (Lipinski definition) is 2. The first-order valence-electron chi connectivity index (χ1n) is 7.56. The molecule has 3 unspecified atom stereocenters. The maximum atomic E-state index is 12.4. The number of carboxylic acid groups (broad SMARTS) is 1. The molecule has 0 aromatic heterocycles. The van der Waals surface area contributed by atoms with Crippen molar-refractivity contribution in [1.82, 2.24) is 10.2 Å². The van der Waals surface area contributed by atoms with Gasteiger partial charge in [-0.15, -0.1) is 0 Å². The van der Waals surface area contributed by atoms with E-state index in [4.69, 9.17) is 9.47 Å². The zero-order valence-electron chi connectivity index (χ0n) is 12.4. The predicted molar refractivity (Wildman–Crippen MR) is 75.1 cm³/mol. The number of hydrogen-bond acceptors (Lipinski definition) is 4. The van der Waals surface area contributed by atoms with E-state index in [1.165, 1.54) is 0 Å². The zero-order valence-corrected chi connectivity index (χ0v) is 12.4. The van der Waals surface area contributed by atoms with Crippen LogP contribution in [0.2, 0.25) is 0 Å². The molecule has 0 bridgehead atoms. The fraction of sp³-hybridized carbons (Fsp3) is 0.857. The van der Waals surface area contributed by atoms with Crippen LogP contribution in [0.1, 0.15) is 19.8 Å². The van der Waals surface area contributed by atoms with E-state index in [1.807, 2.05) is 6.92 Å². The highest BCUT2D eigenvalue weighted by Gasteiger charge is 2.39. The second kappa shape index (κ2) is 7.61. The molecule has 21 heavy (non-hydrogen) atoms. The van der Waals surface area contributed by atoms with E-state index in [9.17, 15) is 14.7 Å². The SMILES string of the molecule is CCCN(C(=O)NCC1CCOC1)C1COCC1C(=O)O. The van der Waals surface area contributed by atoms with Crippen molar-refractivity contribution in [3.05, 3.63) is 0 Å². The number of rotatable bonds is 6. The molecule has 2 heterocycles. The Kier molecular flexibility index (Phi) is 5.81. The lowest BCUT2D eigenvalue weighted by molar-refractivity contribution is -0.142. The van der Waals surface area contributed by atoms with Crippen molar-refractivity contribution in [2.45, 2.75) is 25.8 Å². The Hall–Kier alpha value is -1.34. The Morgan fingerprint density at radius 3 is 2.71 bits per heavy atom. The molecular formula is C14H24N2O5. The molecule has 2 amide bonds. The lowest BCUT2D eigenvalue weighted by Crippen LogP contribution is -2.51. The Morgan fingerprint density at radius 2 is 2.10 bits per heavy atom. The van der Waals surface area contributed by atoms with E-state index >= 15 is 0 Å². The van der Waals surface area contributed by atoms with Crippen LogP contribution in [0.4, 0.5) is 4.79 Å². The monoisotopic (exact) mass is 300 g/mol. The van der Waals surface area contributed by atoms with Gasteiger partial charge in [0.15, 0.2) is 0 Å². The molecule has 0 aromatic carbocycles. The fourth-order valence-electron chi connectivity index (χ4n) is 2.82. The average molecular weight is 300 g/mol. The lowest BCUT2D eigenvalue weighted by atomic mass is 10.0. The molecule has 7 nitrogen and oxygen atoms in total. The van der Waals surface area contributed by atoms with Gasteiger partial charge in [-0.05, 0) is 12.8 Å². The number of ether oxygens (including phenoxy) is 2. The van der Waals surface area contributed by atoms with E-state index < -0.39 is 11.9 Å². The van der Waals surface area contributed by atoms with Gasteiger partial charge < -0.3 is 24.8 Å². The first-order valence-corrected chi connectivity index (χ1v) is 7.56. The maximum absolute atomic E-state index is 12.4. The highest BCUT2D eigenvalue weighted by atomic mass is 16.5. The smallest absolute Gasteiger partial charge is 0.317 e. The molecule has 2 aliphatic rings. The Bertz CT molecular complexity index is 370. The molecule has 2 rings (SSSR count). The third-order valence-electron chi connectivity index (χ3n) is 4.06. The van der Waals surface area contributed by atoms with Crippen molar-refractivity contribution in [2.75, 3.05) is 39.5 Å². The summed E-state index contributed by atoms with van der Waals surface area (Å²) in [5.74, 6) is -1.19. The van der Waals surface area contributed by atoms with Crippen LogP contribution in [0.25, 0.3) is 0 Å². The molecule has 2 aliphatic heterocycles. The van der Waals surface area contributed by atoms with E-state index in [-0.39, 0.29) is 25.3 Å². The number of carboxylic acids is 1. The van der Waals surface area contributed by atoms with Gasteiger partial charge in [-0.2, -0.15) is 0 Å². The van der Waals surface area contributed by atoms with Crippen molar-refractivity contribution in [3.8, 4) is 0 Å². The molecule has 0 saturated carbocycles. The van der Waals surface area contributed by atoms with Crippen molar-refractivity contribution in [3.63, 3.8) is 0 Å². The Balaban J connectivity index is 1.93. The number of nitrogens with zero attached hydrogens (tertiary/aromatic N) is 1. The van der Waals surface area contributed by atoms with Gasteiger partial charge in [0.1, 0.15) is 5.92 Å². The summed E-state index contributed by atoms with van der Waals surface area (Å²) in [6.07, 6.45) is 1.74. The number of aliphatic carboxylic acids is 1. The quantitative estimate of drug-likeness (QED) is 0.747. The van der Waals surface area contributed by atoms with Gasteiger partial charge in [-0.25, -0.2) is 4.79 Å². The van der Waals surface area contributed by atoms with Crippen LogP contribution in [-0.4, -0.2) is 67.6 Å². The number of urea groups is 1. The highest BCUT2D eigenvalue weighted by molar-refractivity contribution is 5.77. The van der Waals surface area contributed by atoms with Gasteiger partial charge in [-0.3, -0.25) is 4.79 Å². The van der Waals surface area contributed by atoms with Crippen LogP contribution in [-0.2, 0) is 14.3 Å². The molecule has 0 aromatic rings. The predicted octanol–water partition coefficient (Wildman–Crippen LogP) is 0.544. The van der Waals surface area contributed by atoms with Crippen LogP contribution in [0.5, 0.6) is 0 Å². The number of carbonyl (C=O) groups excluding carboxylic acids is 1. The van der Waals surface area contributed by atoms with Gasteiger partial charge in [0.05, 0.1) is 25.9 Å². The molecule has 2 fully saturated rings. The minimum absolute atomic E-state index is 0.171. The van der Waals surface area contributed by atoms with Crippen LogP contribution < -0.4 is 5.32 Å². The van der Waals surface area contributed by atoms with Crippen LogP contribution >= 0.6 is 0 Å². The molecule has 0 radical (unpaired) electrons. The Morgan fingerprint density at radius 1 is 1.29 bits per heavy atom. The average Bonchev–Trinajstić information content (AvgIpc) is 3.12. The third-order valence-corrected chi connectivity index (χ3v) is 4.06. The minimum atomic E-state index is -0.907. The van der Waals surface area contributed by atoms with E-state index in [0.717, 1.165) is 19.4 Å². The molecule has 120 valence electrons. The van der Waals surface area contributed by atoms with E-state index in [2.05, 4.69) is 5.32 Å². The number of amides is 2. The van der Waals surface area contributed by atoms with Crippen LogP contribution in [0, 0.1) is 11.8 Å². The van der Waals surface area contributed by atoms with Gasteiger partial charge in [0.25, 0.3) is 0 Å². The molecule has 2 N–H and O–H groups in total. The molecular weight excluding hydrogens is 276 g/mol. The first kappa shape index (κ1) is 16.0. The molecule has 2 saturated heterocycles. The second-order valence-corrected chi connectivity index (χ2v) is 5.66. The molecule has 3 atom stereocenters. The third kappa shape index (κ3) is 4.07. The van der Waals surface area contributed by atoms with Gasteiger partial charge in [-0.1, -0.05) is 6.92 Å². The normalized spacial score (nSPS) is 28.5. The summed E-state index contributed by atoms with van der Waals surface area (Å²) in [4.78, 5) is 25.2. The lowest BCUT2D eigenvalue weighted by Gasteiger charge is -2.30. The minimum Gasteiger partial charge on any atom is -0.481 e. The summed E-state index contributed by atoms with van der Waals surface area (Å²) >= 11 is 0. The van der Waals surface area contributed by atoms with Gasteiger partial charge in [0.2, 0.25) is 0 Å². The summed E-state index contributed by atoms with van der Waals surface area (Å²) in [6, 6.07) is -0.590. The zero-order chi connectivity index (χ0) is 15.2. The second-order valence-electron chi connectivity index (χ2n) is 5.66. The van der Waals surface area contributed by atoms with Gasteiger partial charge in [0, 0.05) is 25.6 Å². The molecule has 7 heteroatoms. The largest absolute Gasteiger partial charge is 0.481 e. The standard InChI is InChI=1S/C14H24N2O5/c1-2-4-16(12-9-21-8-11(12)13(17)18)14(19)15-6-10-3-5-20-7-10/h10-12H,2-9H2,1H3,(H,15,19)(H,17,18). The maximum Gasteiger partial charge on any atom is 0.317 e. The number of carbonyl (C=O) groups is 2. The van der Waals surface area contributed by atoms with Crippen molar-refractivity contribution < 1.29 is 24.2 Å². The van der Waals surface area contributed by atoms with Gasteiger partial charge >= 0.3 is 12.0 Å². The van der Waals surface area contributed by atoms with Crippen molar-refractivity contribution in [1.29, 1.82) is 0 Å². The van der Waals surface area contributed by atoms with Crippen molar-refractivity contribution in [2.24, 2.45) is 11.8 Å². The topological polar surface area (TPSA) is 88.1 Å². The van der Waals surface area contributed by atoms with Crippen molar-refractivity contribution >= 4 is 12.0 Å². The summed E-state index contributed by atoms with van der Waals surface area (Å²) < 4.78 is 10.5. The van der Waals surface area contributed by atoms with Crippen LogP contribution in [0.15, 0.2) is 0 Å². The molecule has 0 aliphatic carbocycles. The Labute approximate surface area is 124 Å². The summed E-state index contributed by atoms with van der Waals surface area (Å²) in [5.41, 5.74) is 0. The summed E-state index contributed by atoms with van der Waals surface area (Å²) in [6.45, 7) is 4.96. The summed E-state index contributed by atoms with van der Waals surface area (Å²) in [7, 11) is 0. The highest BCUT2D eigenvalue weighted by Crippen LogP contribution is 2.21. The number of nitrogens with one attached hydrogen (secondary N) is 1.